The smallest absolute Gasteiger partial charge is 0.336 e. The molecule has 9 heteroatoms. The van der Waals surface area contributed by atoms with Gasteiger partial charge in [0.2, 0.25) is 0 Å². The molecule has 0 saturated heterocycles. The van der Waals surface area contributed by atoms with Gasteiger partial charge in [-0.2, -0.15) is 5.10 Å². The first-order valence-electron chi connectivity index (χ1n) is 14.2. The van der Waals surface area contributed by atoms with Gasteiger partial charge in [0, 0.05) is 47.7 Å². The van der Waals surface area contributed by atoms with Gasteiger partial charge in [-0.3, -0.25) is 4.68 Å². The monoisotopic (exact) mass is 582 g/mol. The lowest BCUT2D eigenvalue weighted by Gasteiger charge is -2.16. The van der Waals surface area contributed by atoms with Crippen molar-refractivity contribution in [2.45, 2.75) is 45.8 Å². The third kappa shape index (κ3) is 6.72. The maximum Gasteiger partial charge on any atom is 0.336 e. The van der Waals surface area contributed by atoms with E-state index in [1.165, 1.54) is 6.07 Å². The molecule has 0 atom stereocenters. The van der Waals surface area contributed by atoms with Crippen LogP contribution in [-0.4, -0.2) is 45.6 Å². The number of unbranched alkanes of at least 4 members (excludes halogenated alkanes) is 1. The zero-order valence-electron chi connectivity index (χ0n) is 24.2. The Kier molecular flexibility index (Phi) is 9.10. The Hall–Kier alpha value is -5.05. The van der Waals surface area contributed by atoms with Gasteiger partial charge in [-0.25, -0.2) is 9.59 Å². The van der Waals surface area contributed by atoms with Gasteiger partial charge in [0.15, 0.2) is 0 Å². The molecule has 1 aromatic heterocycles. The van der Waals surface area contributed by atoms with Crippen molar-refractivity contribution in [1.82, 2.24) is 9.78 Å². The second-order valence-electron chi connectivity index (χ2n) is 10.3. The van der Waals surface area contributed by atoms with Crippen molar-refractivity contribution in [2.75, 3.05) is 13.7 Å². The Bertz CT molecular complexity index is 1670. The van der Waals surface area contributed by atoms with Crippen molar-refractivity contribution in [3.8, 4) is 28.5 Å². The molecule has 43 heavy (non-hydrogen) atoms. The van der Waals surface area contributed by atoms with Crippen LogP contribution in [0.25, 0.3) is 17.3 Å². The summed E-state index contributed by atoms with van der Waals surface area (Å²) in [5.74, 6) is -0.174. The van der Waals surface area contributed by atoms with Gasteiger partial charge >= 0.3 is 11.9 Å². The predicted molar refractivity (Wildman–Crippen MR) is 162 cm³/mol. The Balaban J connectivity index is 1.55. The summed E-state index contributed by atoms with van der Waals surface area (Å²) in [6, 6.07) is 17.9. The molecule has 0 radical (unpaired) electrons. The Morgan fingerprint density at radius 3 is 2.70 bits per heavy atom. The number of aliphatic carboxylic acids is 1. The lowest BCUT2D eigenvalue weighted by atomic mass is 9.98. The third-order valence-electron chi connectivity index (χ3n) is 7.42. The van der Waals surface area contributed by atoms with Crippen LogP contribution in [0.15, 0.2) is 72.4 Å². The fourth-order valence-corrected chi connectivity index (χ4v) is 5.18. The van der Waals surface area contributed by atoms with Crippen LogP contribution in [0.1, 0.15) is 52.4 Å². The van der Waals surface area contributed by atoms with E-state index in [1.54, 1.807) is 43.6 Å². The number of ether oxygens (including phenoxy) is 3. The van der Waals surface area contributed by atoms with Gasteiger partial charge in [0.1, 0.15) is 23.9 Å². The second kappa shape index (κ2) is 13.3. The standard InChI is InChI=1S/C34H34N2O7/c1-3-4-14-36-32(26(20-35-36)18-25(33(37)38)17-22-9-12-30-23(16-22)13-15-42-30)29-11-10-27(41-2)19-31(29)43-21-24-7-5-6-8-28(24)34(39)40/h5-12,16,18-20H,3-4,13-15,17,21H2,1-2H3,(H,37,38)(H,39,40)/b25-18+. The number of benzene rings is 3. The highest BCUT2D eigenvalue weighted by atomic mass is 16.5. The summed E-state index contributed by atoms with van der Waals surface area (Å²) >= 11 is 0. The fraction of sp³-hybridized carbons (Fsp3) is 0.265. The van der Waals surface area contributed by atoms with E-state index in [4.69, 9.17) is 14.2 Å². The first-order valence-corrected chi connectivity index (χ1v) is 14.2. The molecule has 2 N–H and O–H groups in total. The number of hydrogen-bond donors (Lipinski definition) is 2. The highest BCUT2D eigenvalue weighted by molar-refractivity contribution is 5.94. The summed E-state index contributed by atoms with van der Waals surface area (Å²) in [7, 11) is 1.56. The normalized spacial score (nSPS) is 12.5. The van der Waals surface area contributed by atoms with Gasteiger partial charge in [-0.1, -0.05) is 43.7 Å². The van der Waals surface area contributed by atoms with Crippen LogP contribution in [0.5, 0.6) is 17.2 Å². The van der Waals surface area contributed by atoms with Crippen LogP contribution < -0.4 is 14.2 Å². The number of rotatable bonds is 13. The summed E-state index contributed by atoms with van der Waals surface area (Å²) in [6.45, 7) is 3.37. The van der Waals surface area contributed by atoms with E-state index in [0.29, 0.717) is 47.0 Å². The zero-order valence-corrected chi connectivity index (χ0v) is 24.2. The van der Waals surface area contributed by atoms with E-state index in [-0.39, 0.29) is 24.2 Å². The summed E-state index contributed by atoms with van der Waals surface area (Å²) in [5, 5.41) is 24.5. The number of nitrogens with zero attached hydrogens (tertiary/aromatic N) is 2. The van der Waals surface area contributed by atoms with Crippen LogP contribution >= 0.6 is 0 Å². The highest BCUT2D eigenvalue weighted by Gasteiger charge is 2.21. The van der Waals surface area contributed by atoms with Crippen LogP contribution in [0.4, 0.5) is 0 Å². The number of methoxy groups -OCH3 is 1. The molecule has 2 heterocycles. The van der Waals surface area contributed by atoms with Crippen molar-refractivity contribution in [2.24, 2.45) is 0 Å². The first-order chi connectivity index (χ1) is 20.9. The maximum atomic E-state index is 12.5. The van der Waals surface area contributed by atoms with Crippen molar-refractivity contribution in [3.63, 3.8) is 0 Å². The minimum atomic E-state index is -1.03. The largest absolute Gasteiger partial charge is 0.497 e. The number of aromatic carboxylic acids is 1. The van der Waals surface area contributed by atoms with Gasteiger partial charge in [-0.15, -0.1) is 0 Å². The van der Waals surface area contributed by atoms with E-state index in [2.05, 4.69) is 12.0 Å². The molecular formula is C34H34N2O7. The average Bonchev–Trinajstić information content (AvgIpc) is 3.65. The van der Waals surface area contributed by atoms with E-state index >= 15 is 0 Å². The molecule has 222 valence electrons. The number of aromatic nitrogens is 2. The number of aryl methyl sites for hydroxylation is 1. The molecule has 0 unspecified atom stereocenters. The Morgan fingerprint density at radius 2 is 1.93 bits per heavy atom. The topological polar surface area (TPSA) is 120 Å². The molecular weight excluding hydrogens is 548 g/mol. The summed E-state index contributed by atoms with van der Waals surface area (Å²) < 4.78 is 19.2. The number of carboxylic acids is 2. The number of fused-ring (bicyclic) bond motifs is 1. The molecule has 0 spiro atoms. The fourth-order valence-electron chi connectivity index (χ4n) is 5.18. The molecule has 1 aliphatic heterocycles. The van der Waals surface area contributed by atoms with Gasteiger partial charge in [0.25, 0.3) is 0 Å². The molecule has 9 nitrogen and oxygen atoms in total. The van der Waals surface area contributed by atoms with Crippen LogP contribution in [0.2, 0.25) is 0 Å². The van der Waals surface area contributed by atoms with E-state index in [9.17, 15) is 19.8 Å². The molecule has 5 rings (SSSR count). The van der Waals surface area contributed by atoms with Crippen molar-refractivity contribution in [1.29, 1.82) is 0 Å². The van der Waals surface area contributed by atoms with Crippen molar-refractivity contribution < 1.29 is 34.0 Å². The lowest BCUT2D eigenvalue weighted by molar-refractivity contribution is -0.132. The quantitative estimate of drug-likeness (QED) is 0.177. The predicted octanol–water partition coefficient (Wildman–Crippen LogP) is 6.28. The molecule has 0 fully saturated rings. The number of hydrogen-bond acceptors (Lipinski definition) is 6. The van der Waals surface area contributed by atoms with Crippen molar-refractivity contribution >= 4 is 18.0 Å². The minimum Gasteiger partial charge on any atom is -0.497 e. The van der Waals surface area contributed by atoms with Crippen LogP contribution in [0, 0.1) is 0 Å². The third-order valence-corrected chi connectivity index (χ3v) is 7.42. The van der Waals surface area contributed by atoms with E-state index < -0.39 is 11.9 Å². The molecule has 0 bridgehead atoms. The van der Waals surface area contributed by atoms with Gasteiger partial charge in [-0.05, 0) is 47.9 Å². The summed E-state index contributed by atoms with van der Waals surface area (Å²) in [5.41, 5.74) is 4.92. The Morgan fingerprint density at radius 1 is 1.09 bits per heavy atom. The van der Waals surface area contributed by atoms with Crippen molar-refractivity contribution in [3.05, 3.63) is 100 Å². The van der Waals surface area contributed by atoms with Gasteiger partial charge < -0.3 is 24.4 Å². The average molecular weight is 583 g/mol. The molecule has 0 amide bonds. The SMILES string of the molecule is CCCCn1ncc(/C=C(\Cc2ccc3c(c2)CCO3)C(=O)O)c1-c1ccc(OC)cc1OCc1ccccc1C(=O)O. The van der Waals surface area contributed by atoms with Crippen LogP contribution in [-0.2, 0) is 30.8 Å². The molecule has 3 aromatic carbocycles. The zero-order chi connectivity index (χ0) is 30.3. The molecule has 4 aromatic rings. The number of carbonyl (C=O) groups is 2. The van der Waals surface area contributed by atoms with E-state index in [0.717, 1.165) is 36.1 Å². The Labute approximate surface area is 250 Å². The van der Waals surface area contributed by atoms with E-state index in [1.807, 2.05) is 35.0 Å². The summed E-state index contributed by atoms with van der Waals surface area (Å²) in [4.78, 5) is 24.2. The molecule has 1 aliphatic rings. The lowest BCUT2D eigenvalue weighted by Crippen LogP contribution is -2.08. The minimum absolute atomic E-state index is 0.0132. The molecule has 0 aliphatic carbocycles. The number of carboxylic acid groups (broad SMARTS) is 2. The second-order valence-corrected chi connectivity index (χ2v) is 10.3. The first kappa shape index (κ1) is 29.4. The van der Waals surface area contributed by atoms with Gasteiger partial charge in [0.05, 0.1) is 31.2 Å². The van der Waals surface area contributed by atoms with Crippen LogP contribution in [0.3, 0.4) is 0 Å². The molecule has 0 saturated carbocycles. The highest BCUT2D eigenvalue weighted by Crippen LogP contribution is 2.37. The summed E-state index contributed by atoms with van der Waals surface area (Å²) in [6.07, 6.45) is 6.22. The maximum absolute atomic E-state index is 12.5.